The molecule has 0 aliphatic carbocycles. The van der Waals surface area contributed by atoms with Gasteiger partial charge in [0.05, 0.1) is 0 Å². The molecular formula is C10H27Br3O4Si5. The van der Waals surface area contributed by atoms with Crippen molar-refractivity contribution < 1.29 is 16.5 Å². The molecular weight excluding hydrogens is 564 g/mol. The lowest BCUT2D eigenvalue weighted by Gasteiger charge is -2.40. The Kier molecular flexibility index (Phi) is 8.98. The van der Waals surface area contributed by atoms with E-state index in [0.717, 1.165) is 0 Å². The van der Waals surface area contributed by atoms with Gasteiger partial charge in [-0.2, -0.15) is 0 Å². The normalized spacial score (nSPS) is 15.0. The van der Waals surface area contributed by atoms with Crippen LogP contribution in [0.3, 0.4) is 0 Å². The maximum absolute atomic E-state index is 6.36. The fourth-order valence-corrected chi connectivity index (χ4v) is 31.5. The van der Waals surface area contributed by atoms with Crippen molar-refractivity contribution in [3.63, 3.8) is 0 Å². The summed E-state index contributed by atoms with van der Waals surface area (Å²) in [6.45, 7) is 20.4. The number of hydrogen-bond acceptors (Lipinski definition) is 4. The van der Waals surface area contributed by atoms with Crippen LogP contribution in [0.25, 0.3) is 0 Å². The third kappa shape index (κ3) is 11.6. The minimum atomic E-state index is -2.37. The smallest absolute Gasteiger partial charge is 0.400 e. The van der Waals surface area contributed by atoms with Crippen LogP contribution in [-0.4, -0.2) is 38.2 Å². The molecule has 132 valence electrons. The van der Waals surface area contributed by atoms with Gasteiger partial charge >= 0.3 is 29.9 Å². The highest BCUT2D eigenvalue weighted by Crippen LogP contribution is 2.34. The standard InChI is InChI=1S/C10H27Br3O4Si5/c1-10-18(2,3)14-19(4,5)15-20(6,7)16-21(8,9)17-22(11,12)13/h10H,1H2,2-9H3. The summed E-state index contributed by atoms with van der Waals surface area (Å²) in [7, 11) is -8.85. The first-order chi connectivity index (χ1) is 9.39. The SMILES string of the molecule is C=C[Si](C)(C)O[Si](C)(C)O[Si](C)(C)O[Si](C)(C)O[Si](Br)(Br)Br. The lowest BCUT2D eigenvalue weighted by Crippen LogP contribution is -2.57. The molecule has 12 heteroatoms. The predicted molar refractivity (Wildman–Crippen MR) is 117 cm³/mol. The summed E-state index contributed by atoms with van der Waals surface area (Å²) < 4.78 is 22.8. The van der Waals surface area contributed by atoms with Gasteiger partial charge in [0, 0.05) is 0 Å². The van der Waals surface area contributed by atoms with E-state index in [0.29, 0.717) is 0 Å². The molecule has 0 N–H and O–H groups in total. The third-order valence-corrected chi connectivity index (χ3v) is 22.5. The molecule has 0 atom stereocenters. The van der Waals surface area contributed by atoms with Gasteiger partial charge < -0.3 is 16.5 Å². The molecule has 0 amide bonds. The highest BCUT2D eigenvalue weighted by molar-refractivity contribution is 9.71. The van der Waals surface area contributed by atoms with Gasteiger partial charge in [-0.05, 0) is 52.4 Å². The first kappa shape index (κ1) is 24.1. The molecule has 0 spiro atoms. The molecule has 0 heterocycles. The molecule has 0 aliphatic rings. The summed E-state index contributed by atoms with van der Waals surface area (Å²) >= 11 is 10.5. The zero-order chi connectivity index (χ0) is 18.0. The van der Waals surface area contributed by atoms with E-state index in [1.807, 2.05) is 31.9 Å². The lowest BCUT2D eigenvalue weighted by molar-refractivity contribution is 0.305. The fourth-order valence-electron chi connectivity index (χ4n) is 2.20. The highest BCUT2D eigenvalue weighted by atomic mass is 80.0. The van der Waals surface area contributed by atoms with E-state index in [-0.39, 0.29) is 0 Å². The van der Waals surface area contributed by atoms with E-state index < -0.39 is 38.2 Å². The Balaban J connectivity index is 4.92. The zero-order valence-electron chi connectivity index (χ0n) is 14.6. The van der Waals surface area contributed by atoms with Crippen LogP contribution in [0.4, 0.5) is 0 Å². The summed E-state index contributed by atoms with van der Waals surface area (Å²) in [6, 6.07) is 0. The van der Waals surface area contributed by atoms with Gasteiger partial charge in [-0.3, -0.25) is 0 Å². The van der Waals surface area contributed by atoms with Crippen molar-refractivity contribution in [1.29, 1.82) is 0 Å². The van der Waals surface area contributed by atoms with E-state index >= 15 is 0 Å². The number of halogens is 3. The van der Waals surface area contributed by atoms with Crippen molar-refractivity contribution >= 4 is 84.1 Å². The number of hydrogen-bond donors (Lipinski definition) is 0. The molecule has 0 radical (unpaired) electrons. The van der Waals surface area contributed by atoms with Crippen molar-refractivity contribution in [2.24, 2.45) is 0 Å². The summed E-state index contributed by atoms with van der Waals surface area (Å²) in [4.78, 5) is 0. The molecule has 0 aliphatic heterocycles. The molecule has 0 fully saturated rings. The van der Waals surface area contributed by atoms with Crippen LogP contribution < -0.4 is 0 Å². The molecule has 0 aromatic heterocycles. The van der Waals surface area contributed by atoms with Gasteiger partial charge in [0.15, 0.2) is 8.32 Å². The predicted octanol–water partition coefficient (Wildman–Crippen LogP) is 5.71. The fraction of sp³-hybridized carbons (Fsp3) is 0.800. The van der Waals surface area contributed by atoms with Gasteiger partial charge in [-0.25, -0.2) is 0 Å². The van der Waals surface area contributed by atoms with Crippen molar-refractivity contribution in [1.82, 2.24) is 0 Å². The molecule has 0 saturated heterocycles. The Hall–Kier alpha value is 2.10. The maximum Gasteiger partial charge on any atom is 0.400 e. The van der Waals surface area contributed by atoms with E-state index in [1.165, 1.54) is 0 Å². The summed E-state index contributed by atoms with van der Waals surface area (Å²) in [5, 5.41) is 0. The monoisotopic (exact) mass is 588 g/mol. The quantitative estimate of drug-likeness (QED) is 0.255. The molecule has 0 aromatic carbocycles. The lowest BCUT2D eigenvalue weighted by atomic mass is 11.3. The molecule has 0 rings (SSSR count). The Morgan fingerprint density at radius 1 is 0.636 bits per heavy atom. The van der Waals surface area contributed by atoms with Crippen LogP contribution in [0.1, 0.15) is 0 Å². The first-order valence-corrected chi connectivity index (χ1v) is 27.0. The summed E-state index contributed by atoms with van der Waals surface area (Å²) in [6.07, 6.45) is 0. The topological polar surface area (TPSA) is 36.9 Å². The van der Waals surface area contributed by atoms with Crippen molar-refractivity contribution in [3.05, 3.63) is 12.3 Å². The zero-order valence-corrected chi connectivity index (χ0v) is 24.3. The van der Waals surface area contributed by atoms with E-state index in [1.54, 1.807) is 0 Å². The molecule has 22 heavy (non-hydrogen) atoms. The van der Waals surface area contributed by atoms with Crippen LogP contribution in [0.5, 0.6) is 0 Å². The van der Waals surface area contributed by atoms with Crippen LogP contribution in [0, 0.1) is 0 Å². The van der Waals surface area contributed by atoms with Crippen molar-refractivity contribution in [3.8, 4) is 0 Å². The van der Waals surface area contributed by atoms with Crippen LogP contribution in [0.2, 0.25) is 52.4 Å². The second-order valence-electron chi connectivity index (χ2n) is 6.86. The van der Waals surface area contributed by atoms with Gasteiger partial charge in [0.1, 0.15) is 0 Å². The highest BCUT2D eigenvalue weighted by Gasteiger charge is 2.45. The van der Waals surface area contributed by atoms with Crippen molar-refractivity contribution in [2.75, 3.05) is 0 Å². The van der Waals surface area contributed by atoms with E-state index in [4.69, 9.17) is 16.5 Å². The Labute approximate surface area is 164 Å². The summed E-state index contributed by atoms with van der Waals surface area (Å²) in [5.74, 6) is 0. The van der Waals surface area contributed by atoms with Gasteiger partial charge in [-0.15, -0.1) is 6.58 Å². The maximum atomic E-state index is 6.36. The van der Waals surface area contributed by atoms with Gasteiger partial charge in [0.25, 0.3) is 0 Å². The Morgan fingerprint density at radius 3 is 1.27 bits per heavy atom. The Bertz CT molecular complexity index is 399. The van der Waals surface area contributed by atoms with Crippen molar-refractivity contribution in [2.45, 2.75) is 52.4 Å². The second kappa shape index (κ2) is 8.20. The molecule has 0 saturated carbocycles. The van der Waals surface area contributed by atoms with Gasteiger partial charge in [0.2, 0.25) is 0 Å². The average Bonchev–Trinajstić information content (AvgIpc) is 2.06. The molecule has 0 bridgehead atoms. The average molecular weight is 591 g/mol. The largest absolute Gasteiger partial charge is 0.433 e. The number of rotatable bonds is 9. The summed E-state index contributed by atoms with van der Waals surface area (Å²) in [5.41, 5.74) is 1.93. The van der Waals surface area contributed by atoms with Crippen LogP contribution in [0.15, 0.2) is 12.3 Å². The Morgan fingerprint density at radius 2 is 0.955 bits per heavy atom. The molecule has 4 nitrogen and oxygen atoms in total. The third-order valence-electron chi connectivity index (χ3n) is 2.35. The first-order valence-electron chi connectivity index (χ1n) is 6.90. The molecule has 0 unspecified atom stereocenters. The second-order valence-corrected chi connectivity index (χ2v) is 42.7. The van der Waals surface area contributed by atoms with Crippen LogP contribution in [-0.2, 0) is 16.5 Å². The van der Waals surface area contributed by atoms with Gasteiger partial charge in [-0.1, -0.05) is 51.6 Å². The van der Waals surface area contributed by atoms with E-state index in [9.17, 15) is 0 Å². The molecule has 0 aromatic rings. The van der Waals surface area contributed by atoms with E-state index in [2.05, 4.69) is 78.6 Å². The minimum absolute atomic E-state index is 1.88. The minimum Gasteiger partial charge on any atom is -0.433 e. The van der Waals surface area contributed by atoms with Crippen LogP contribution >= 0.6 is 45.9 Å².